The Kier molecular flexibility index (Phi) is 6.02. The summed E-state index contributed by atoms with van der Waals surface area (Å²) >= 11 is 0. The normalized spacial score (nSPS) is 24.7. The molecule has 5 heteroatoms. The van der Waals surface area contributed by atoms with Crippen LogP contribution < -0.4 is 11.1 Å². The topological polar surface area (TPSA) is 90.9 Å². The van der Waals surface area contributed by atoms with E-state index >= 15 is 0 Å². The van der Waals surface area contributed by atoms with E-state index in [1.807, 2.05) is 30.3 Å². The molecule has 1 aliphatic rings. The maximum atomic E-state index is 9.55. The molecule has 1 aliphatic carbocycles. The zero-order valence-electron chi connectivity index (χ0n) is 12.3. The lowest BCUT2D eigenvalue weighted by Gasteiger charge is -2.28. The van der Waals surface area contributed by atoms with Crippen molar-refractivity contribution in [2.24, 2.45) is 16.8 Å². The van der Waals surface area contributed by atoms with Crippen molar-refractivity contribution in [2.75, 3.05) is 6.54 Å². The molecule has 1 fully saturated rings. The van der Waals surface area contributed by atoms with Crippen molar-refractivity contribution in [3.05, 3.63) is 35.9 Å². The number of aliphatic hydroxyl groups is 1. The number of hydrogen-bond acceptors (Lipinski definition) is 4. The van der Waals surface area contributed by atoms with E-state index in [0.717, 1.165) is 37.8 Å². The lowest BCUT2D eigenvalue weighted by Crippen LogP contribution is -2.33. The average Bonchev–Trinajstić information content (AvgIpc) is 2.53. The number of oxime groups is 1. The molecule has 1 saturated carbocycles. The van der Waals surface area contributed by atoms with Gasteiger partial charge in [-0.15, -0.1) is 0 Å². The van der Waals surface area contributed by atoms with Crippen LogP contribution in [0.5, 0.6) is 0 Å². The number of hydrogen-bond donors (Lipinski definition) is 4. The quantitative estimate of drug-likeness (QED) is 0.279. The van der Waals surface area contributed by atoms with Gasteiger partial charge in [-0.3, -0.25) is 0 Å². The van der Waals surface area contributed by atoms with Crippen molar-refractivity contribution < 1.29 is 10.3 Å². The molecule has 0 radical (unpaired) electrons. The Morgan fingerprint density at radius 1 is 1.24 bits per heavy atom. The van der Waals surface area contributed by atoms with Crippen LogP contribution in [0.4, 0.5) is 0 Å². The summed E-state index contributed by atoms with van der Waals surface area (Å²) in [5, 5.41) is 24.9. The summed E-state index contributed by atoms with van der Waals surface area (Å²) in [6.45, 7) is 0.894. The Morgan fingerprint density at radius 3 is 2.52 bits per heavy atom. The van der Waals surface area contributed by atoms with Gasteiger partial charge >= 0.3 is 0 Å². The molecule has 1 atom stereocenters. The molecule has 0 heterocycles. The fourth-order valence-electron chi connectivity index (χ4n) is 2.90. The van der Waals surface area contributed by atoms with Crippen LogP contribution in [0, 0.1) is 5.92 Å². The van der Waals surface area contributed by atoms with E-state index < -0.39 is 0 Å². The lowest BCUT2D eigenvalue weighted by molar-refractivity contribution is 0.107. The molecule has 2 rings (SSSR count). The molecule has 0 saturated heterocycles. The number of amidine groups is 1. The van der Waals surface area contributed by atoms with Gasteiger partial charge in [-0.05, 0) is 43.7 Å². The number of nitrogens with two attached hydrogens (primary N) is 1. The number of rotatable bonds is 6. The highest BCUT2D eigenvalue weighted by atomic mass is 16.4. The third-order valence-electron chi connectivity index (χ3n) is 4.21. The third kappa shape index (κ3) is 5.02. The zero-order valence-corrected chi connectivity index (χ0v) is 12.3. The molecule has 116 valence electrons. The molecular formula is C16H25N3O2. The van der Waals surface area contributed by atoms with Gasteiger partial charge in [0.05, 0.1) is 6.10 Å². The molecule has 5 N–H and O–H groups in total. The fourth-order valence-corrected chi connectivity index (χ4v) is 2.90. The van der Waals surface area contributed by atoms with Gasteiger partial charge in [0.1, 0.15) is 5.84 Å². The molecule has 0 bridgehead atoms. The lowest BCUT2D eigenvalue weighted by atomic mass is 9.87. The van der Waals surface area contributed by atoms with Gasteiger partial charge in [0.15, 0.2) is 0 Å². The third-order valence-corrected chi connectivity index (χ3v) is 4.21. The summed E-state index contributed by atoms with van der Waals surface area (Å²) in [7, 11) is 0. The number of nitrogens with one attached hydrogen (secondary N) is 1. The SMILES string of the molecule is N/C(CC(NCC1CCC(O)CC1)c1ccccc1)=N/O. The second-order valence-corrected chi connectivity index (χ2v) is 5.84. The van der Waals surface area contributed by atoms with Gasteiger partial charge in [0.25, 0.3) is 0 Å². The van der Waals surface area contributed by atoms with Gasteiger partial charge in [0, 0.05) is 12.5 Å². The molecule has 0 aromatic heterocycles. The van der Waals surface area contributed by atoms with Crippen molar-refractivity contribution in [2.45, 2.75) is 44.2 Å². The van der Waals surface area contributed by atoms with Gasteiger partial charge in [0.2, 0.25) is 0 Å². The van der Waals surface area contributed by atoms with E-state index in [9.17, 15) is 5.11 Å². The second-order valence-electron chi connectivity index (χ2n) is 5.84. The van der Waals surface area contributed by atoms with Gasteiger partial charge in [-0.2, -0.15) is 0 Å². The van der Waals surface area contributed by atoms with Crippen LogP contribution in [0.2, 0.25) is 0 Å². The van der Waals surface area contributed by atoms with Crippen LogP contribution in [0.25, 0.3) is 0 Å². The smallest absolute Gasteiger partial charge is 0.141 e. The van der Waals surface area contributed by atoms with Crippen LogP contribution in [-0.2, 0) is 0 Å². The molecule has 0 aliphatic heterocycles. The molecule has 21 heavy (non-hydrogen) atoms. The van der Waals surface area contributed by atoms with Crippen molar-refractivity contribution in [3.63, 3.8) is 0 Å². The zero-order chi connectivity index (χ0) is 15.1. The summed E-state index contributed by atoms with van der Waals surface area (Å²) in [6.07, 6.45) is 4.25. The summed E-state index contributed by atoms with van der Waals surface area (Å²) in [4.78, 5) is 0. The molecule has 0 spiro atoms. The Hall–Kier alpha value is -1.59. The largest absolute Gasteiger partial charge is 0.409 e. The minimum absolute atomic E-state index is 0.0500. The molecule has 1 aromatic rings. The van der Waals surface area contributed by atoms with Crippen molar-refractivity contribution >= 4 is 5.84 Å². The first kappa shape index (κ1) is 15.8. The summed E-state index contributed by atoms with van der Waals surface area (Å²) in [6, 6.07) is 10.1. The summed E-state index contributed by atoms with van der Waals surface area (Å²) < 4.78 is 0. The highest BCUT2D eigenvalue weighted by Crippen LogP contribution is 2.25. The fraction of sp³-hybridized carbons (Fsp3) is 0.562. The first-order valence-electron chi connectivity index (χ1n) is 7.62. The first-order chi connectivity index (χ1) is 10.2. The highest BCUT2D eigenvalue weighted by Gasteiger charge is 2.21. The van der Waals surface area contributed by atoms with Crippen LogP contribution >= 0.6 is 0 Å². The number of nitrogens with zero attached hydrogens (tertiary/aromatic N) is 1. The van der Waals surface area contributed by atoms with Crippen molar-refractivity contribution in [1.82, 2.24) is 5.32 Å². The van der Waals surface area contributed by atoms with Crippen LogP contribution in [0.15, 0.2) is 35.5 Å². The van der Waals surface area contributed by atoms with Crippen LogP contribution in [0.3, 0.4) is 0 Å². The average molecular weight is 291 g/mol. The first-order valence-corrected chi connectivity index (χ1v) is 7.62. The Bertz CT molecular complexity index is 442. The van der Waals surface area contributed by atoms with E-state index in [2.05, 4.69) is 10.5 Å². The molecule has 0 amide bonds. The molecule has 1 aromatic carbocycles. The van der Waals surface area contributed by atoms with Gasteiger partial charge in [-0.25, -0.2) is 0 Å². The molecule has 1 unspecified atom stereocenters. The highest BCUT2D eigenvalue weighted by molar-refractivity contribution is 5.80. The predicted molar refractivity (Wildman–Crippen MR) is 83.2 cm³/mol. The maximum absolute atomic E-state index is 9.55. The van der Waals surface area contributed by atoms with Crippen LogP contribution in [0.1, 0.15) is 43.7 Å². The van der Waals surface area contributed by atoms with E-state index in [1.54, 1.807) is 0 Å². The maximum Gasteiger partial charge on any atom is 0.141 e. The minimum atomic E-state index is -0.122. The minimum Gasteiger partial charge on any atom is -0.409 e. The molecule has 5 nitrogen and oxygen atoms in total. The van der Waals surface area contributed by atoms with Crippen LogP contribution in [-0.4, -0.2) is 28.8 Å². The Balaban J connectivity index is 1.93. The van der Waals surface area contributed by atoms with E-state index in [1.165, 1.54) is 0 Å². The Morgan fingerprint density at radius 2 is 1.90 bits per heavy atom. The number of benzene rings is 1. The standard InChI is InChI=1S/C16H25N3O2/c17-16(19-21)10-15(13-4-2-1-3-5-13)18-11-12-6-8-14(20)9-7-12/h1-5,12,14-15,18,20-21H,6-11H2,(H2,17,19). The second kappa shape index (κ2) is 8.00. The van der Waals surface area contributed by atoms with Gasteiger partial charge < -0.3 is 21.4 Å². The van der Waals surface area contributed by atoms with Crippen molar-refractivity contribution in [1.29, 1.82) is 0 Å². The monoisotopic (exact) mass is 291 g/mol. The van der Waals surface area contributed by atoms with Gasteiger partial charge in [-0.1, -0.05) is 35.5 Å². The number of aliphatic hydroxyl groups excluding tert-OH is 1. The Labute approximate surface area is 125 Å². The summed E-state index contributed by atoms with van der Waals surface area (Å²) in [5.74, 6) is 0.822. The summed E-state index contributed by atoms with van der Waals surface area (Å²) in [5.41, 5.74) is 6.80. The van der Waals surface area contributed by atoms with E-state index in [4.69, 9.17) is 10.9 Å². The molecular weight excluding hydrogens is 266 g/mol. The van der Waals surface area contributed by atoms with E-state index in [-0.39, 0.29) is 18.0 Å². The van der Waals surface area contributed by atoms with E-state index in [0.29, 0.717) is 12.3 Å². The predicted octanol–water partition coefficient (Wildman–Crippen LogP) is 2.00. The van der Waals surface area contributed by atoms with Crippen molar-refractivity contribution in [3.8, 4) is 0 Å².